The number of nitrogens with zero attached hydrogens (tertiary/aromatic N) is 3. The summed E-state index contributed by atoms with van der Waals surface area (Å²) in [5.41, 5.74) is 3.10. The second kappa shape index (κ2) is 5.48. The molecule has 21 heavy (non-hydrogen) atoms. The Labute approximate surface area is 128 Å². The predicted octanol–water partition coefficient (Wildman–Crippen LogP) is 3.14. The predicted molar refractivity (Wildman–Crippen MR) is 82.3 cm³/mol. The summed E-state index contributed by atoms with van der Waals surface area (Å²) in [5.74, 6) is 1.00. The molecular weight excluding hydrogens is 288 g/mol. The Morgan fingerprint density at radius 2 is 2.24 bits per heavy atom. The molecule has 0 saturated carbocycles. The molecule has 3 heterocycles. The van der Waals surface area contributed by atoms with Gasteiger partial charge in [0.1, 0.15) is 5.82 Å². The highest BCUT2D eigenvalue weighted by atomic mass is 35.5. The molecule has 2 aromatic rings. The number of aromatic nitrogens is 3. The first-order chi connectivity index (χ1) is 10.0. The van der Waals surface area contributed by atoms with Crippen LogP contribution >= 0.6 is 11.6 Å². The Kier molecular flexibility index (Phi) is 3.68. The van der Waals surface area contributed by atoms with Crippen LogP contribution in [0.5, 0.6) is 0 Å². The molecular formula is C15H17ClN4O. The minimum Gasteiger partial charge on any atom is -0.311 e. The van der Waals surface area contributed by atoms with Gasteiger partial charge in [0.15, 0.2) is 0 Å². The molecule has 1 atom stereocenters. The minimum absolute atomic E-state index is 0.151. The van der Waals surface area contributed by atoms with Gasteiger partial charge in [0.25, 0.3) is 0 Å². The number of hydrogen-bond acceptors (Lipinski definition) is 3. The lowest BCUT2D eigenvalue weighted by atomic mass is 9.96. The Morgan fingerprint density at radius 1 is 1.43 bits per heavy atom. The van der Waals surface area contributed by atoms with Gasteiger partial charge in [-0.2, -0.15) is 5.10 Å². The van der Waals surface area contributed by atoms with Gasteiger partial charge in [0.05, 0.1) is 11.2 Å². The van der Waals surface area contributed by atoms with Crippen LogP contribution < -0.4 is 5.32 Å². The van der Waals surface area contributed by atoms with Gasteiger partial charge in [-0.1, -0.05) is 18.5 Å². The zero-order valence-corrected chi connectivity index (χ0v) is 12.8. The molecule has 1 aliphatic rings. The van der Waals surface area contributed by atoms with E-state index in [0.29, 0.717) is 16.8 Å². The largest absolute Gasteiger partial charge is 0.311 e. The highest BCUT2D eigenvalue weighted by Crippen LogP contribution is 2.34. The van der Waals surface area contributed by atoms with E-state index >= 15 is 0 Å². The van der Waals surface area contributed by atoms with Gasteiger partial charge >= 0.3 is 0 Å². The number of carbonyl (C=O) groups is 1. The van der Waals surface area contributed by atoms with Crippen molar-refractivity contribution < 1.29 is 4.79 Å². The first-order valence-corrected chi connectivity index (χ1v) is 7.40. The average Bonchev–Trinajstić information content (AvgIpc) is 2.83. The van der Waals surface area contributed by atoms with Crippen LogP contribution in [0.3, 0.4) is 0 Å². The first kappa shape index (κ1) is 14.1. The summed E-state index contributed by atoms with van der Waals surface area (Å²) in [6.45, 7) is 4.63. The van der Waals surface area contributed by atoms with E-state index in [1.165, 1.54) is 12.6 Å². The molecule has 110 valence electrons. The molecule has 0 fully saturated rings. The molecule has 1 amide bonds. The van der Waals surface area contributed by atoms with E-state index in [1.807, 2.05) is 6.20 Å². The summed E-state index contributed by atoms with van der Waals surface area (Å²) in [4.78, 5) is 15.3. The van der Waals surface area contributed by atoms with Crippen LogP contribution in [0.2, 0.25) is 5.02 Å². The molecule has 5 nitrogen and oxygen atoms in total. The van der Waals surface area contributed by atoms with Crippen LogP contribution in [0.25, 0.3) is 11.1 Å². The maximum Gasteiger partial charge on any atom is 0.222 e. The second-order valence-corrected chi connectivity index (χ2v) is 5.97. The summed E-state index contributed by atoms with van der Waals surface area (Å²) >= 11 is 6.28. The third kappa shape index (κ3) is 2.78. The number of fused-ring (bicyclic) bond motifs is 1. The van der Waals surface area contributed by atoms with E-state index in [1.54, 1.807) is 12.3 Å². The van der Waals surface area contributed by atoms with Crippen molar-refractivity contribution >= 4 is 23.3 Å². The zero-order valence-electron chi connectivity index (χ0n) is 12.1. The van der Waals surface area contributed by atoms with E-state index in [0.717, 1.165) is 30.5 Å². The number of halogens is 1. The van der Waals surface area contributed by atoms with Crippen molar-refractivity contribution in [2.75, 3.05) is 5.32 Å². The molecule has 0 aliphatic carbocycles. The number of pyridine rings is 1. The monoisotopic (exact) mass is 304 g/mol. The minimum atomic E-state index is -0.151. The van der Waals surface area contributed by atoms with Crippen molar-refractivity contribution in [1.29, 1.82) is 0 Å². The summed E-state index contributed by atoms with van der Waals surface area (Å²) in [5, 5.41) is 7.72. The number of hydrogen-bond donors (Lipinski definition) is 1. The molecule has 0 spiro atoms. The fourth-order valence-corrected chi connectivity index (χ4v) is 2.93. The Bertz CT molecular complexity index is 695. The molecule has 2 aromatic heterocycles. The summed E-state index contributed by atoms with van der Waals surface area (Å²) in [6, 6.07) is 1.81. The van der Waals surface area contributed by atoms with E-state index < -0.39 is 0 Å². The highest BCUT2D eigenvalue weighted by Gasteiger charge is 2.21. The van der Waals surface area contributed by atoms with Crippen molar-refractivity contribution in [1.82, 2.24) is 14.8 Å². The lowest BCUT2D eigenvalue weighted by Crippen LogP contribution is -2.18. The highest BCUT2D eigenvalue weighted by molar-refractivity contribution is 6.33. The molecule has 6 heteroatoms. The normalized spacial score (nSPS) is 17.4. The fourth-order valence-electron chi connectivity index (χ4n) is 2.72. The van der Waals surface area contributed by atoms with Gasteiger partial charge in [0, 0.05) is 36.5 Å². The Morgan fingerprint density at radius 3 is 3.00 bits per heavy atom. The number of amides is 1. The van der Waals surface area contributed by atoms with E-state index in [4.69, 9.17) is 11.6 Å². The van der Waals surface area contributed by atoms with Crippen LogP contribution in [0, 0.1) is 5.92 Å². The lowest BCUT2D eigenvalue weighted by Gasteiger charge is -2.21. The number of carbonyl (C=O) groups excluding carboxylic acids is 1. The van der Waals surface area contributed by atoms with Crippen LogP contribution in [-0.4, -0.2) is 20.7 Å². The van der Waals surface area contributed by atoms with Gasteiger partial charge in [-0.15, -0.1) is 0 Å². The summed E-state index contributed by atoms with van der Waals surface area (Å²) < 4.78 is 2.05. The quantitative estimate of drug-likeness (QED) is 0.927. The number of nitrogens with one attached hydrogen (secondary N) is 1. The average molecular weight is 305 g/mol. The molecule has 0 saturated heterocycles. The second-order valence-electron chi connectivity index (χ2n) is 5.56. The standard InChI is InChI=1S/C15H17ClN4O/c1-9-3-4-14-12(6-18-20(14)8-9)11-5-15(19-10(2)21)17-7-13(11)16/h5-7,9H,3-4,8H2,1-2H3,(H,17,19,21). The van der Waals surface area contributed by atoms with Gasteiger partial charge in [-0.3, -0.25) is 9.48 Å². The molecule has 1 unspecified atom stereocenters. The maximum absolute atomic E-state index is 11.2. The third-order valence-electron chi connectivity index (χ3n) is 3.76. The van der Waals surface area contributed by atoms with Crippen molar-refractivity contribution in [3.63, 3.8) is 0 Å². The first-order valence-electron chi connectivity index (χ1n) is 7.03. The maximum atomic E-state index is 11.2. The van der Waals surface area contributed by atoms with E-state index in [-0.39, 0.29) is 5.91 Å². The van der Waals surface area contributed by atoms with Crippen molar-refractivity contribution in [2.45, 2.75) is 33.2 Å². The van der Waals surface area contributed by atoms with Gasteiger partial charge in [-0.25, -0.2) is 4.98 Å². The third-order valence-corrected chi connectivity index (χ3v) is 4.06. The van der Waals surface area contributed by atoms with Crippen molar-refractivity contribution in [3.8, 4) is 11.1 Å². The number of anilines is 1. The lowest BCUT2D eigenvalue weighted by molar-refractivity contribution is -0.114. The van der Waals surface area contributed by atoms with Gasteiger partial charge in [-0.05, 0) is 24.8 Å². The number of rotatable bonds is 2. The van der Waals surface area contributed by atoms with Crippen molar-refractivity contribution in [3.05, 3.63) is 29.2 Å². The molecule has 1 aliphatic heterocycles. The Balaban J connectivity index is 2.02. The van der Waals surface area contributed by atoms with Crippen LogP contribution in [0.15, 0.2) is 18.5 Å². The Hall–Kier alpha value is -1.88. The van der Waals surface area contributed by atoms with Crippen LogP contribution in [0.4, 0.5) is 5.82 Å². The van der Waals surface area contributed by atoms with Gasteiger partial charge < -0.3 is 5.32 Å². The molecule has 3 rings (SSSR count). The molecule has 1 N–H and O–H groups in total. The summed E-state index contributed by atoms with van der Waals surface area (Å²) in [6.07, 6.45) is 5.56. The molecule has 0 radical (unpaired) electrons. The molecule has 0 aromatic carbocycles. The van der Waals surface area contributed by atoms with Crippen LogP contribution in [-0.2, 0) is 17.8 Å². The summed E-state index contributed by atoms with van der Waals surface area (Å²) in [7, 11) is 0. The SMILES string of the molecule is CC(=O)Nc1cc(-c2cnn3c2CCC(C)C3)c(Cl)cn1. The van der Waals surface area contributed by atoms with E-state index in [2.05, 4.69) is 27.0 Å². The van der Waals surface area contributed by atoms with E-state index in [9.17, 15) is 4.79 Å². The smallest absolute Gasteiger partial charge is 0.222 e. The molecule has 0 bridgehead atoms. The fraction of sp³-hybridized carbons (Fsp3) is 0.400. The van der Waals surface area contributed by atoms with Crippen molar-refractivity contribution in [2.24, 2.45) is 5.92 Å². The topological polar surface area (TPSA) is 59.8 Å². The van der Waals surface area contributed by atoms with Crippen LogP contribution in [0.1, 0.15) is 26.0 Å². The van der Waals surface area contributed by atoms with Gasteiger partial charge in [0.2, 0.25) is 5.91 Å². The zero-order chi connectivity index (χ0) is 15.0.